The highest BCUT2D eigenvalue weighted by Gasteiger charge is 2.34. The molecule has 1 aliphatic carbocycles. The summed E-state index contributed by atoms with van der Waals surface area (Å²) in [5.74, 6) is 0.495. The van der Waals surface area contributed by atoms with Crippen LogP contribution in [0.15, 0.2) is 54.8 Å². The molecule has 1 aliphatic rings. The van der Waals surface area contributed by atoms with Crippen molar-refractivity contribution in [1.82, 2.24) is 9.97 Å². The van der Waals surface area contributed by atoms with Gasteiger partial charge in [-0.1, -0.05) is 38.8 Å². The molecule has 0 radical (unpaired) electrons. The first-order chi connectivity index (χ1) is 15.6. The summed E-state index contributed by atoms with van der Waals surface area (Å²) >= 11 is 0. The second-order valence-corrected chi connectivity index (χ2v) is 8.59. The maximum Gasteiger partial charge on any atom is 0.346 e. The summed E-state index contributed by atoms with van der Waals surface area (Å²) in [5.41, 5.74) is 2.68. The minimum Gasteiger partial charge on any atom is -0.408 e. The summed E-state index contributed by atoms with van der Waals surface area (Å²) in [6, 6.07) is 11.4. The number of nitrogens with zero attached hydrogens (tertiary/aromatic N) is 2. The van der Waals surface area contributed by atoms with Crippen LogP contribution >= 0.6 is 0 Å². The molecule has 0 saturated heterocycles. The number of hydrogen-bond acceptors (Lipinski definition) is 6. The largest absolute Gasteiger partial charge is 0.408 e. The van der Waals surface area contributed by atoms with Crippen LogP contribution in [0, 0.1) is 0 Å². The van der Waals surface area contributed by atoms with E-state index in [-0.39, 0.29) is 23.1 Å². The lowest BCUT2D eigenvalue weighted by Crippen LogP contribution is -2.21. The van der Waals surface area contributed by atoms with E-state index in [1.807, 2.05) is 50.2 Å². The van der Waals surface area contributed by atoms with E-state index in [0.717, 1.165) is 49.7 Å². The van der Waals surface area contributed by atoms with Crippen molar-refractivity contribution in [2.75, 3.05) is 0 Å². The Morgan fingerprint density at radius 3 is 1.59 bits per heavy atom. The Labute approximate surface area is 185 Å². The Hall–Kier alpha value is -3.28. The van der Waals surface area contributed by atoms with Gasteiger partial charge in [-0.05, 0) is 61.1 Å². The summed E-state index contributed by atoms with van der Waals surface area (Å²) in [4.78, 5) is 34.9. The Balaban J connectivity index is 1.59. The summed E-state index contributed by atoms with van der Waals surface area (Å²) in [6.07, 6.45) is 5.28. The first-order valence-electron chi connectivity index (χ1n) is 11.4. The lowest BCUT2D eigenvalue weighted by molar-refractivity contribution is 0.268. The molecule has 32 heavy (non-hydrogen) atoms. The standard InChI is InChI=1S/C26H26N2O4/c1-3-15-9-11-21-19(13-15)25(29)31-23(27-21)17-7-5-6-8-18(17)24-28-22-12-10-16(4-2)14-20(22)26(30)32-24/h9-14,17-18H,3-8H2,1-2H3. The van der Waals surface area contributed by atoms with Gasteiger partial charge in [0.05, 0.1) is 21.8 Å². The Bertz CT molecular complexity index is 1310. The lowest BCUT2D eigenvalue weighted by Gasteiger charge is -2.28. The molecule has 5 rings (SSSR count). The molecule has 6 heteroatoms. The molecule has 2 heterocycles. The second kappa shape index (κ2) is 8.34. The van der Waals surface area contributed by atoms with Gasteiger partial charge in [0.25, 0.3) is 0 Å². The molecule has 1 saturated carbocycles. The van der Waals surface area contributed by atoms with Crippen LogP contribution < -0.4 is 11.3 Å². The maximum absolute atomic E-state index is 12.7. The van der Waals surface area contributed by atoms with Crippen molar-refractivity contribution < 1.29 is 8.83 Å². The van der Waals surface area contributed by atoms with E-state index in [2.05, 4.69) is 0 Å². The van der Waals surface area contributed by atoms with Crippen LogP contribution in [-0.4, -0.2) is 9.97 Å². The molecular formula is C26H26N2O4. The van der Waals surface area contributed by atoms with Gasteiger partial charge in [-0.2, -0.15) is 0 Å². The van der Waals surface area contributed by atoms with Crippen molar-refractivity contribution in [1.29, 1.82) is 0 Å². The number of fused-ring (bicyclic) bond motifs is 2. The molecule has 2 aromatic carbocycles. The van der Waals surface area contributed by atoms with E-state index < -0.39 is 0 Å². The van der Waals surface area contributed by atoms with Gasteiger partial charge in [-0.25, -0.2) is 19.6 Å². The first kappa shape index (κ1) is 20.6. The number of rotatable bonds is 4. The van der Waals surface area contributed by atoms with Gasteiger partial charge in [0.2, 0.25) is 11.8 Å². The molecule has 2 unspecified atom stereocenters. The molecule has 0 bridgehead atoms. The van der Waals surface area contributed by atoms with Crippen LogP contribution in [0.4, 0.5) is 0 Å². The molecule has 2 atom stereocenters. The summed E-state index contributed by atoms with van der Waals surface area (Å²) in [7, 11) is 0. The predicted octanol–water partition coefficient (Wildman–Crippen LogP) is 5.26. The predicted molar refractivity (Wildman–Crippen MR) is 123 cm³/mol. The SMILES string of the molecule is CCc1ccc2nc(C3CCCCC3c3nc4ccc(CC)cc4c(=O)o3)oc(=O)c2c1. The van der Waals surface area contributed by atoms with E-state index in [1.54, 1.807) is 0 Å². The fourth-order valence-electron chi connectivity index (χ4n) is 4.75. The van der Waals surface area contributed by atoms with E-state index in [4.69, 9.17) is 18.8 Å². The van der Waals surface area contributed by atoms with Crippen molar-refractivity contribution in [3.63, 3.8) is 0 Å². The lowest BCUT2D eigenvalue weighted by atomic mass is 9.79. The smallest absolute Gasteiger partial charge is 0.346 e. The average Bonchev–Trinajstić information content (AvgIpc) is 2.83. The highest BCUT2D eigenvalue weighted by atomic mass is 16.4. The number of benzene rings is 2. The molecule has 0 N–H and O–H groups in total. The van der Waals surface area contributed by atoms with Gasteiger partial charge in [-0.3, -0.25) is 0 Å². The molecule has 164 valence electrons. The average molecular weight is 431 g/mol. The second-order valence-electron chi connectivity index (χ2n) is 8.59. The molecule has 1 fully saturated rings. The fraction of sp³-hybridized carbons (Fsp3) is 0.385. The highest BCUT2D eigenvalue weighted by Crippen LogP contribution is 2.42. The summed E-state index contributed by atoms with van der Waals surface area (Å²) in [6.45, 7) is 4.09. The zero-order chi connectivity index (χ0) is 22.2. The fourth-order valence-corrected chi connectivity index (χ4v) is 4.75. The van der Waals surface area contributed by atoms with Crippen LogP contribution in [0.1, 0.15) is 74.3 Å². The van der Waals surface area contributed by atoms with Crippen LogP contribution in [0.2, 0.25) is 0 Å². The van der Waals surface area contributed by atoms with Gasteiger partial charge in [0.1, 0.15) is 0 Å². The molecule has 2 aromatic heterocycles. The highest BCUT2D eigenvalue weighted by molar-refractivity contribution is 5.78. The minimum atomic E-state index is -0.371. The van der Waals surface area contributed by atoms with Gasteiger partial charge in [-0.15, -0.1) is 0 Å². The van der Waals surface area contributed by atoms with Crippen molar-refractivity contribution in [3.8, 4) is 0 Å². The van der Waals surface area contributed by atoms with Gasteiger partial charge in [0.15, 0.2) is 0 Å². The zero-order valence-corrected chi connectivity index (χ0v) is 18.4. The van der Waals surface area contributed by atoms with Crippen molar-refractivity contribution in [2.45, 2.75) is 64.2 Å². The van der Waals surface area contributed by atoms with Gasteiger partial charge < -0.3 is 8.83 Å². The third-order valence-electron chi connectivity index (χ3n) is 6.63. The summed E-state index contributed by atoms with van der Waals surface area (Å²) < 4.78 is 11.4. The van der Waals surface area contributed by atoms with Crippen molar-refractivity contribution in [3.05, 3.63) is 80.1 Å². The van der Waals surface area contributed by atoms with Crippen LogP contribution in [0.5, 0.6) is 0 Å². The topological polar surface area (TPSA) is 86.2 Å². The molecule has 0 spiro atoms. The monoisotopic (exact) mass is 430 g/mol. The normalized spacial score (nSPS) is 18.9. The summed E-state index contributed by atoms with van der Waals surface area (Å²) in [5, 5.41) is 1.00. The molecular weight excluding hydrogens is 404 g/mol. The van der Waals surface area contributed by atoms with Crippen LogP contribution in [-0.2, 0) is 12.8 Å². The first-order valence-corrected chi connectivity index (χ1v) is 11.4. The maximum atomic E-state index is 12.7. The van der Waals surface area contributed by atoms with E-state index in [0.29, 0.717) is 33.6 Å². The quantitative estimate of drug-likeness (QED) is 0.439. The number of hydrogen-bond donors (Lipinski definition) is 0. The number of aryl methyl sites for hydroxylation is 2. The van der Waals surface area contributed by atoms with E-state index >= 15 is 0 Å². The third kappa shape index (κ3) is 3.64. The van der Waals surface area contributed by atoms with Crippen LogP contribution in [0.25, 0.3) is 21.8 Å². The van der Waals surface area contributed by atoms with Crippen molar-refractivity contribution >= 4 is 21.8 Å². The molecule has 0 amide bonds. The minimum absolute atomic E-state index is 0.158. The van der Waals surface area contributed by atoms with Gasteiger partial charge >= 0.3 is 11.3 Å². The van der Waals surface area contributed by atoms with Gasteiger partial charge in [0, 0.05) is 11.8 Å². The van der Waals surface area contributed by atoms with E-state index in [1.165, 1.54) is 0 Å². The molecule has 4 aromatic rings. The Morgan fingerprint density at radius 2 is 1.19 bits per heavy atom. The van der Waals surface area contributed by atoms with Crippen LogP contribution in [0.3, 0.4) is 0 Å². The Kier molecular flexibility index (Phi) is 5.37. The molecule has 6 nitrogen and oxygen atoms in total. The van der Waals surface area contributed by atoms with Crippen molar-refractivity contribution in [2.24, 2.45) is 0 Å². The molecule has 0 aliphatic heterocycles. The third-order valence-corrected chi connectivity index (χ3v) is 6.63. The Morgan fingerprint density at radius 1 is 0.750 bits per heavy atom. The van der Waals surface area contributed by atoms with E-state index in [9.17, 15) is 9.59 Å². The number of aromatic nitrogens is 2. The zero-order valence-electron chi connectivity index (χ0n) is 18.4.